The van der Waals surface area contributed by atoms with Crippen molar-refractivity contribution in [3.8, 4) is 0 Å². The van der Waals surface area contributed by atoms with Crippen molar-refractivity contribution in [1.82, 2.24) is 9.78 Å². The van der Waals surface area contributed by atoms with Crippen molar-refractivity contribution in [2.75, 3.05) is 0 Å². The molecule has 1 unspecified atom stereocenters. The molecule has 1 N–H and O–H groups in total. The van der Waals surface area contributed by atoms with Crippen LogP contribution in [0.25, 0.3) is 0 Å². The lowest BCUT2D eigenvalue weighted by Crippen LogP contribution is -2.20. The Bertz CT molecular complexity index is 381. The second-order valence-corrected chi connectivity index (χ2v) is 5.00. The van der Waals surface area contributed by atoms with Crippen LogP contribution in [0, 0.1) is 5.92 Å². The lowest BCUT2D eigenvalue weighted by Gasteiger charge is -2.24. The number of aliphatic carboxylic acids is 1. The van der Waals surface area contributed by atoms with Crippen molar-refractivity contribution in [3.05, 3.63) is 18.0 Å². The lowest BCUT2D eigenvalue weighted by molar-refractivity contribution is -0.141. The normalized spacial score (nSPS) is 19.1. The molecule has 1 aliphatic rings. The van der Waals surface area contributed by atoms with Gasteiger partial charge in [0.15, 0.2) is 0 Å². The number of hydrogen-bond acceptors (Lipinski definition) is 2. The molecule has 2 rings (SSSR count). The summed E-state index contributed by atoms with van der Waals surface area (Å²) in [6.45, 7) is 1.75. The fourth-order valence-corrected chi connectivity index (χ4v) is 2.56. The molecule has 0 saturated heterocycles. The quantitative estimate of drug-likeness (QED) is 0.874. The molecule has 0 aliphatic heterocycles. The summed E-state index contributed by atoms with van der Waals surface area (Å²) < 4.78 is 2.05. The van der Waals surface area contributed by atoms with E-state index in [1.807, 2.05) is 6.07 Å². The van der Waals surface area contributed by atoms with Gasteiger partial charge in [-0.05, 0) is 18.9 Å². The summed E-state index contributed by atoms with van der Waals surface area (Å²) in [5.74, 6) is -1.07. The zero-order chi connectivity index (χ0) is 12.3. The summed E-state index contributed by atoms with van der Waals surface area (Å²) in [6, 6.07) is 2.43. The van der Waals surface area contributed by atoms with Gasteiger partial charge in [0.05, 0.1) is 12.0 Å². The van der Waals surface area contributed by atoms with Crippen molar-refractivity contribution in [1.29, 1.82) is 0 Å². The van der Waals surface area contributed by atoms with E-state index in [-0.39, 0.29) is 5.92 Å². The van der Waals surface area contributed by atoms with Gasteiger partial charge in [0, 0.05) is 18.3 Å². The molecule has 1 heterocycles. The van der Waals surface area contributed by atoms with Crippen LogP contribution in [0.15, 0.2) is 12.3 Å². The number of carboxylic acids is 1. The van der Waals surface area contributed by atoms with Crippen molar-refractivity contribution in [2.45, 2.75) is 51.5 Å². The van der Waals surface area contributed by atoms with E-state index in [1.165, 1.54) is 32.1 Å². The fraction of sp³-hybridized carbons (Fsp3) is 0.692. The molecule has 0 amide bonds. The third-order valence-electron chi connectivity index (χ3n) is 3.61. The number of aromatic nitrogens is 2. The molecule has 1 aromatic rings. The van der Waals surface area contributed by atoms with Gasteiger partial charge in [0.25, 0.3) is 0 Å². The Morgan fingerprint density at radius 2 is 2.24 bits per heavy atom. The minimum Gasteiger partial charge on any atom is -0.481 e. The summed E-state index contributed by atoms with van der Waals surface area (Å²) in [6.07, 6.45) is 8.56. The average molecular weight is 236 g/mol. The van der Waals surface area contributed by atoms with E-state index in [9.17, 15) is 4.79 Å². The maximum absolute atomic E-state index is 10.9. The summed E-state index contributed by atoms with van der Waals surface area (Å²) >= 11 is 0. The maximum atomic E-state index is 10.9. The van der Waals surface area contributed by atoms with Crippen LogP contribution in [-0.4, -0.2) is 20.9 Å². The van der Waals surface area contributed by atoms with Crippen LogP contribution in [0.3, 0.4) is 0 Å². The van der Waals surface area contributed by atoms with Gasteiger partial charge in [-0.1, -0.05) is 26.2 Å². The zero-order valence-corrected chi connectivity index (χ0v) is 10.3. The van der Waals surface area contributed by atoms with Crippen LogP contribution < -0.4 is 0 Å². The van der Waals surface area contributed by atoms with E-state index < -0.39 is 5.97 Å². The Hall–Kier alpha value is -1.32. The van der Waals surface area contributed by atoms with Gasteiger partial charge in [-0.2, -0.15) is 5.10 Å². The predicted octanol–water partition coefficient (Wildman–Crippen LogP) is 2.65. The molecule has 4 nitrogen and oxygen atoms in total. The smallest absolute Gasteiger partial charge is 0.306 e. The molecule has 0 aromatic carbocycles. The Labute approximate surface area is 102 Å². The minimum atomic E-state index is -0.735. The maximum Gasteiger partial charge on any atom is 0.306 e. The van der Waals surface area contributed by atoms with Crippen LogP contribution in [0.1, 0.15) is 50.8 Å². The van der Waals surface area contributed by atoms with Gasteiger partial charge >= 0.3 is 5.97 Å². The predicted molar refractivity (Wildman–Crippen MR) is 64.9 cm³/mol. The summed E-state index contributed by atoms with van der Waals surface area (Å²) in [7, 11) is 0. The topological polar surface area (TPSA) is 55.1 Å². The lowest BCUT2D eigenvalue weighted by atomic mass is 9.95. The molecule has 1 fully saturated rings. The van der Waals surface area contributed by atoms with Crippen LogP contribution in [-0.2, 0) is 11.2 Å². The van der Waals surface area contributed by atoms with E-state index >= 15 is 0 Å². The van der Waals surface area contributed by atoms with Crippen LogP contribution >= 0.6 is 0 Å². The molecule has 0 spiro atoms. The Morgan fingerprint density at radius 1 is 1.53 bits per heavy atom. The SMILES string of the molecule is CC(Cc1ccnn1C1CCCCC1)C(=O)O. The molecule has 1 aliphatic carbocycles. The van der Waals surface area contributed by atoms with Crippen LogP contribution in [0.5, 0.6) is 0 Å². The zero-order valence-electron chi connectivity index (χ0n) is 10.3. The molecule has 0 radical (unpaired) electrons. The molecular weight excluding hydrogens is 216 g/mol. The number of hydrogen-bond donors (Lipinski definition) is 1. The standard InChI is InChI=1S/C13H20N2O2/c1-10(13(16)17)9-12-7-8-14-15(12)11-5-3-2-4-6-11/h7-8,10-11H,2-6,9H2,1H3,(H,16,17). The highest BCUT2D eigenvalue weighted by Crippen LogP contribution is 2.29. The van der Waals surface area contributed by atoms with Crippen LogP contribution in [0.2, 0.25) is 0 Å². The van der Waals surface area contributed by atoms with Crippen molar-refractivity contribution in [3.63, 3.8) is 0 Å². The van der Waals surface area contributed by atoms with Gasteiger partial charge in [0.2, 0.25) is 0 Å². The molecule has 94 valence electrons. The van der Waals surface area contributed by atoms with Gasteiger partial charge in [-0.25, -0.2) is 0 Å². The fourth-order valence-electron chi connectivity index (χ4n) is 2.56. The van der Waals surface area contributed by atoms with E-state index in [2.05, 4.69) is 9.78 Å². The van der Waals surface area contributed by atoms with E-state index in [0.717, 1.165) is 5.69 Å². The third kappa shape index (κ3) is 2.87. The number of rotatable bonds is 4. The molecule has 1 saturated carbocycles. The molecule has 0 bridgehead atoms. The first-order valence-electron chi connectivity index (χ1n) is 6.43. The summed E-state index contributed by atoms with van der Waals surface area (Å²) in [5.41, 5.74) is 1.06. The number of carboxylic acid groups (broad SMARTS) is 1. The van der Waals surface area contributed by atoms with Gasteiger partial charge in [-0.15, -0.1) is 0 Å². The Balaban J connectivity index is 2.07. The molecule has 1 atom stereocenters. The van der Waals surface area contributed by atoms with E-state index in [1.54, 1.807) is 13.1 Å². The van der Waals surface area contributed by atoms with Gasteiger partial charge < -0.3 is 5.11 Å². The van der Waals surface area contributed by atoms with E-state index in [0.29, 0.717) is 12.5 Å². The number of carbonyl (C=O) groups is 1. The van der Waals surface area contributed by atoms with Crippen molar-refractivity contribution < 1.29 is 9.90 Å². The Morgan fingerprint density at radius 3 is 2.88 bits per heavy atom. The van der Waals surface area contributed by atoms with Crippen molar-refractivity contribution in [2.24, 2.45) is 5.92 Å². The second kappa shape index (κ2) is 5.34. The monoisotopic (exact) mass is 236 g/mol. The highest BCUT2D eigenvalue weighted by molar-refractivity contribution is 5.69. The molecular formula is C13H20N2O2. The summed E-state index contributed by atoms with van der Waals surface area (Å²) in [5, 5.41) is 13.3. The molecule has 17 heavy (non-hydrogen) atoms. The van der Waals surface area contributed by atoms with Gasteiger partial charge in [-0.3, -0.25) is 9.48 Å². The minimum absolute atomic E-state index is 0.339. The third-order valence-corrected chi connectivity index (χ3v) is 3.61. The molecule has 4 heteroatoms. The first-order chi connectivity index (χ1) is 8.18. The van der Waals surface area contributed by atoms with Crippen molar-refractivity contribution >= 4 is 5.97 Å². The largest absolute Gasteiger partial charge is 0.481 e. The van der Waals surface area contributed by atoms with Crippen LogP contribution in [0.4, 0.5) is 0 Å². The second-order valence-electron chi connectivity index (χ2n) is 5.00. The number of nitrogens with zero attached hydrogens (tertiary/aromatic N) is 2. The highest BCUT2D eigenvalue weighted by atomic mass is 16.4. The van der Waals surface area contributed by atoms with E-state index in [4.69, 9.17) is 5.11 Å². The molecule has 1 aromatic heterocycles. The summed E-state index contributed by atoms with van der Waals surface area (Å²) in [4.78, 5) is 10.9. The first kappa shape index (κ1) is 12.1. The van der Waals surface area contributed by atoms with Gasteiger partial charge in [0.1, 0.15) is 0 Å². The highest BCUT2D eigenvalue weighted by Gasteiger charge is 2.20. The first-order valence-corrected chi connectivity index (χ1v) is 6.43. The average Bonchev–Trinajstić information content (AvgIpc) is 2.78. The Kier molecular flexibility index (Phi) is 3.82.